The van der Waals surface area contributed by atoms with Crippen LogP contribution in [0.5, 0.6) is 0 Å². The first-order chi connectivity index (χ1) is 7.02. The van der Waals surface area contributed by atoms with Gasteiger partial charge in [-0.2, -0.15) is 4.31 Å². The van der Waals surface area contributed by atoms with Crippen LogP contribution in [0.25, 0.3) is 0 Å². The minimum atomic E-state index is -3.35. The third kappa shape index (κ3) is 2.90. The van der Waals surface area contributed by atoms with E-state index in [2.05, 4.69) is 0 Å². The summed E-state index contributed by atoms with van der Waals surface area (Å²) < 4.78 is 30.4. The van der Waals surface area contributed by atoms with Crippen molar-refractivity contribution in [2.45, 2.75) is 31.1 Å². The van der Waals surface area contributed by atoms with Gasteiger partial charge in [-0.1, -0.05) is 0 Å². The van der Waals surface area contributed by atoms with Gasteiger partial charge in [-0.25, -0.2) is 8.42 Å². The quantitative estimate of drug-likeness (QED) is 0.736. The van der Waals surface area contributed by atoms with Crippen molar-refractivity contribution in [3.05, 3.63) is 0 Å². The molecule has 1 N–H and O–H groups in total. The lowest BCUT2D eigenvalue weighted by Crippen LogP contribution is -2.46. The predicted octanol–water partition coefficient (Wildman–Crippen LogP) is -0.192. The van der Waals surface area contributed by atoms with Crippen LogP contribution in [-0.2, 0) is 14.8 Å². The number of ether oxygens (including phenoxy) is 1. The molecule has 0 aliphatic carbocycles. The highest BCUT2D eigenvalue weighted by molar-refractivity contribution is 7.89. The minimum absolute atomic E-state index is 0.0144. The average Bonchev–Trinajstić information content (AvgIpc) is 2.27. The van der Waals surface area contributed by atoms with Crippen LogP contribution in [0.3, 0.4) is 0 Å². The first kappa shape index (κ1) is 12.9. The molecule has 0 radical (unpaired) electrons. The van der Waals surface area contributed by atoms with Gasteiger partial charge in [0.25, 0.3) is 0 Å². The average molecular weight is 237 g/mol. The molecular formula is C9H19NO4S. The fraction of sp³-hybridized carbons (Fsp3) is 1.00. The van der Waals surface area contributed by atoms with E-state index in [9.17, 15) is 8.42 Å². The Bertz CT molecular complexity index is 290. The second kappa shape index (κ2) is 5.25. The fourth-order valence-corrected chi connectivity index (χ4v) is 3.13. The molecule has 15 heavy (non-hydrogen) atoms. The predicted molar refractivity (Wildman–Crippen MR) is 57.1 cm³/mol. The summed E-state index contributed by atoms with van der Waals surface area (Å²) in [6.45, 7) is 2.12. The molecule has 0 amide bonds. The number of methoxy groups -OCH3 is 1. The Kier molecular flexibility index (Phi) is 4.51. The van der Waals surface area contributed by atoms with Crippen LogP contribution in [0.2, 0.25) is 0 Å². The van der Waals surface area contributed by atoms with Crippen molar-refractivity contribution in [1.29, 1.82) is 0 Å². The molecular weight excluding hydrogens is 218 g/mol. The van der Waals surface area contributed by atoms with Gasteiger partial charge in [0.1, 0.15) is 0 Å². The lowest BCUT2D eigenvalue weighted by atomic mass is 10.1. The van der Waals surface area contributed by atoms with Gasteiger partial charge < -0.3 is 9.84 Å². The molecule has 0 spiro atoms. The van der Waals surface area contributed by atoms with Crippen LogP contribution in [-0.4, -0.2) is 56.0 Å². The zero-order chi connectivity index (χ0) is 11.5. The van der Waals surface area contributed by atoms with Gasteiger partial charge in [0.15, 0.2) is 0 Å². The van der Waals surface area contributed by atoms with Crippen LogP contribution in [0.15, 0.2) is 0 Å². The van der Waals surface area contributed by atoms with Crippen LogP contribution in [0.4, 0.5) is 0 Å². The number of rotatable bonds is 4. The first-order valence-electron chi connectivity index (χ1n) is 5.15. The summed E-state index contributed by atoms with van der Waals surface area (Å²) >= 11 is 0. The molecule has 1 heterocycles. The van der Waals surface area contributed by atoms with Crippen molar-refractivity contribution in [2.24, 2.45) is 0 Å². The van der Waals surface area contributed by atoms with Crippen LogP contribution in [0, 0.1) is 0 Å². The molecule has 0 aromatic carbocycles. The van der Waals surface area contributed by atoms with Crippen molar-refractivity contribution in [3.63, 3.8) is 0 Å². The van der Waals surface area contributed by atoms with E-state index in [0.29, 0.717) is 13.1 Å². The van der Waals surface area contributed by atoms with Crippen LogP contribution < -0.4 is 0 Å². The van der Waals surface area contributed by atoms with Crippen molar-refractivity contribution in [2.75, 3.05) is 26.8 Å². The van der Waals surface area contributed by atoms with E-state index in [1.165, 1.54) is 11.2 Å². The molecule has 2 unspecified atom stereocenters. The largest absolute Gasteiger partial charge is 0.395 e. The third-order valence-corrected chi connectivity index (χ3v) is 5.02. The van der Waals surface area contributed by atoms with Crippen LogP contribution in [0.1, 0.15) is 19.8 Å². The maximum absolute atomic E-state index is 11.9. The number of hydrogen-bond donors (Lipinski definition) is 1. The Morgan fingerprint density at radius 2 is 2.27 bits per heavy atom. The molecule has 6 heteroatoms. The van der Waals surface area contributed by atoms with Crippen molar-refractivity contribution in [1.82, 2.24) is 4.31 Å². The molecule has 0 aromatic heterocycles. The summed E-state index contributed by atoms with van der Waals surface area (Å²) in [5, 5.41) is 8.16. The van der Waals surface area contributed by atoms with E-state index in [-0.39, 0.29) is 12.7 Å². The summed E-state index contributed by atoms with van der Waals surface area (Å²) in [5.41, 5.74) is 0. The summed E-state index contributed by atoms with van der Waals surface area (Å²) in [5.74, 6) is 0. The van der Waals surface area contributed by atoms with Crippen LogP contribution >= 0.6 is 0 Å². The molecule has 1 fully saturated rings. The Hall–Kier alpha value is -0.170. The lowest BCUT2D eigenvalue weighted by Gasteiger charge is -2.32. The maximum Gasteiger partial charge on any atom is 0.219 e. The molecule has 90 valence electrons. The molecule has 1 aliphatic rings. The fourth-order valence-electron chi connectivity index (χ4n) is 1.68. The van der Waals surface area contributed by atoms with E-state index in [1.54, 1.807) is 7.11 Å². The van der Waals surface area contributed by atoms with E-state index in [0.717, 1.165) is 12.8 Å². The number of aliphatic hydroxyl groups is 1. The van der Waals surface area contributed by atoms with Gasteiger partial charge in [0.05, 0.1) is 18.0 Å². The van der Waals surface area contributed by atoms with E-state index >= 15 is 0 Å². The molecule has 0 saturated carbocycles. The second-order valence-electron chi connectivity index (χ2n) is 3.90. The summed E-state index contributed by atoms with van der Waals surface area (Å²) in [4.78, 5) is 0. The zero-order valence-electron chi connectivity index (χ0n) is 9.22. The molecule has 0 bridgehead atoms. The highest BCUT2D eigenvalue weighted by atomic mass is 32.2. The van der Waals surface area contributed by atoms with E-state index < -0.39 is 15.3 Å². The Labute approximate surface area is 91.1 Å². The first-order valence-corrected chi connectivity index (χ1v) is 6.65. The highest BCUT2D eigenvalue weighted by Gasteiger charge is 2.32. The van der Waals surface area contributed by atoms with Gasteiger partial charge in [-0.05, 0) is 19.8 Å². The molecule has 2 atom stereocenters. The number of piperidine rings is 1. The molecule has 5 nitrogen and oxygen atoms in total. The van der Waals surface area contributed by atoms with Gasteiger partial charge in [0.2, 0.25) is 10.0 Å². The van der Waals surface area contributed by atoms with Crippen molar-refractivity contribution < 1.29 is 18.3 Å². The molecule has 1 rings (SSSR count). The standard InChI is InChI=1S/C9H19NO4S/c1-8(7-11)15(12,13)10-5-3-4-9(6-10)14-2/h8-9,11H,3-7H2,1-2H3. The highest BCUT2D eigenvalue weighted by Crippen LogP contribution is 2.18. The summed E-state index contributed by atoms with van der Waals surface area (Å²) in [7, 11) is -1.76. The minimum Gasteiger partial charge on any atom is -0.395 e. The molecule has 0 aromatic rings. The number of hydrogen-bond acceptors (Lipinski definition) is 4. The SMILES string of the molecule is COC1CCCN(S(=O)(=O)C(C)CO)C1. The second-order valence-corrected chi connectivity index (χ2v) is 6.25. The lowest BCUT2D eigenvalue weighted by molar-refractivity contribution is 0.0567. The van der Waals surface area contributed by atoms with Gasteiger partial charge in [0, 0.05) is 20.2 Å². The molecule has 1 saturated heterocycles. The van der Waals surface area contributed by atoms with Gasteiger partial charge >= 0.3 is 0 Å². The zero-order valence-corrected chi connectivity index (χ0v) is 10.0. The van der Waals surface area contributed by atoms with E-state index in [4.69, 9.17) is 9.84 Å². The van der Waals surface area contributed by atoms with Crippen molar-refractivity contribution in [3.8, 4) is 0 Å². The van der Waals surface area contributed by atoms with E-state index in [1.807, 2.05) is 0 Å². The Balaban J connectivity index is 2.70. The monoisotopic (exact) mass is 237 g/mol. The van der Waals surface area contributed by atoms with Crippen molar-refractivity contribution >= 4 is 10.0 Å². The topological polar surface area (TPSA) is 66.8 Å². The summed E-state index contributed by atoms with van der Waals surface area (Å²) in [6.07, 6.45) is 1.70. The van der Waals surface area contributed by atoms with Gasteiger partial charge in [-0.15, -0.1) is 0 Å². The third-order valence-electron chi connectivity index (χ3n) is 2.80. The Morgan fingerprint density at radius 1 is 1.60 bits per heavy atom. The normalized spacial score (nSPS) is 26.5. The maximum atomic E-state index is 11.9. The van der Waals surface area contributed by atoms with Gasteiger partial charge in [-0.3, -0.25) is 0 Å². The number of sulfonamides is 1. The smallest absolute Gasteiger partial charge is 0.219 e. The number of aliphatic hydroxyl groups excluding tert-OH is 1. The Morgan fingerprint density at radius 3 is 2.80 bits per heavy atom. The summed E-state index contributed by atoms with van der Waals surface area (Å²) in [6, 6.07) is 0. The number of nitrogens with zero attached hydrogens (tertiary/aromatic N) is 1. The molecule has 1 aliphatic heterocycles.